The summed E-state index contributed by atoms with van der Waals surface area (Å²) in [6.45, 7) is -0.138. The summed E-state index contributed by atoms with van der Waals surface area (Å²) in [5.41, 5.74) is 5.04. The summed E-state index contributed by atoms with van der Waals surface area (Å²) in [6.07, 6.45) is -3.14. The lowest BCUT2D eigenvalue weighted by atomic mass is 10.1. The molecule has 0 aromatic carbocycles. The average molecular weight is 347 g/mol. The third-order valence-electron chi connectivity index (χ3n) is 3.54. The van der Waals surface area contributed by atoms with Crippen LogP contribution in [-0.4, -0.2) is 63.7 Å². The van der Waals surface area contributed by atoms with E-state index in [4.69, 9.17) is 20.3 Å². The second kappa shape index (κ2) is 5.37. The minimum Gasteiger partial charge on any atom is -0.388 e. The minimum absolute atomic E-state index is 0.0128. The quantitative estimate of drug-likeness (QED) is 0.318. The molecule has 1 aliphatic heterocycles. The summed E-state index contributed by atoms with van der Waals surface area (Å²) in [7, 11) is -4.75. The fourth-order valence-corrected chi connectivity index (χ4v) is 3.35. The molecule has 2 aromatic heterocycles. The van der Waals surface area contributed by atoms with Crippen LogP contribution in [0.15, 0.2) is 11.1 Å². The fourth-order valence-electron chi connectivity index (χ4n) is 2.46. The van der Waals surface area contributed by atoms with Gasteiger partial charge in [0.2, 0.25) is 5.95 Å². The second-order valence-corrected chi connectivity index (χ2v) is 6.84. The average Bonchev–Trinajstić information content (AvgIpc) is 2.95. The van der Waals surface area contributed by atoms with Gasteiger partial charge in [-0.25, -0.2) is 4.98 Å². The molecular weight excluding hydrogens is 333 g/mol. The number of nitrogens with two attached hydrogens (primary N) is 1. The molecule has 4 unspecified atom stereocenters. The normalized spacial score (nSPS) is 28.5. The first-order chi connectivity index (χ1) is 10.7. The number of hydrogen-bond acceptors (Lipinski definition) is 8. The first kappa shape index (κ1) is 16.1. The summed E-state index contributed by atoms with van der Waals surface area (Å²) in [5.74, 6) is -1.95. The van der Waals surface area contributed by atoms with Crippen molar-refractivity contribution in [2.24, 2.45) is 0 Å². The van der Waals surface area contributed by atoms with E-state index in [-0.39, 0.29) is 23.7 Å². The molecule has 3 rings (SSSR count). The molecule has 1 aliphatic rings. The summed E-state index contributed by atoms with van der Waals surface area (Å²) in [5, 5.41) is 19.6. The van der Waals surface area contributed by atoms with Crippen LogP contribution >= 0.6 is 7.60 Å². The van der Waals surface area contributed by atoms with Gasteiger partial charge in [-0.3, -0.25) is 14.3 Å². The van der Waals surface area contributed by atoms with E-state index in [1.54, 1.807) is 0 Å². The summed E-state index contributed by atoms with van der Waals surface area (Å²) in [4.78, 5) is 40.0. The maximum absolute atomic E-state index is 11.7. The van der Waals surface area contributed by atoms with Crippen LogP contribution < -0.4 is 11.3 Å². The van der Waals surface area contributed by atoms with Crippen LogP contribution in [0.5, 0.6) is 0 Å². The van der Waals surface area contributed by atoms with Gasteiger partial charge in [0, 0.05) is 0 Å². The fraction of sp³-hybridized carbons (Fsp3) is 0.500. The Morgan fingerprint density at radius 1 is 1.39 bits per heavy atom. The number of rotatable bonds is 3. The lowest BCUT2D eigenvalue weighted by Gasteiger charge is -2.15. The Hall–Kier alpha value is -1.82. The number of H-pyrrole nitrogens is 1. The number of aromatic nitrogens is 4. The maximum Gasteiger partial charge on any atom is 0.356 e. The molecule has 0 spiro atoms. The molecule has 1 fully saturated rings. The maximum atomic E-state index is 11.7. The predicted octanol–water partition coefficient (Wildman–Crippen LogP) is -2.67. The van der Waals surface area contributed by atoms with Gasteiger partial charge in [0.1, 0.15) is 18.3 Å². The van der Waals surface area contributed by atoms with Crippen molar-refractivity contribution in [2.45, 2.75) is 30.7 Å². The number of hydrogen-bond donors (Lipinski definition) is 6. The molecule has 12 nitrogen and oxygen atoms in total. The van der Waals surface area contributed by atoms with Crippen LogP contribution in [0.4, 0.5) is 5.95 Å². The number of anilines is 1. The van der Waals surface area contributed by atoms with Crippen LogP contribution in [-0.2, 0) is 15.8 Å². The molecule has 1 saturated heterocycles. The van der Waals surface area contributed by atoms with Gasteiger partial charge in [0.25, 0.3) is 5.56 Å². The van der Waals surface area contributed by atoms with E-state index < -0.39 is 37.3 Å². The molecule has 2 aromatic rings. The van der Waals surface area contributed by atoms with Crippen molar-refractivity contribution in [3.8, 4) is 0 Å². The number of nitrogens with one attached hydrogen (secondary N) is 1. The Bertz CT molecular complexity index is 844. The van der Waals surface area contributed by atoms with E-state index in [2.05, 4.69) is 15.0 Å². The molecule has 126 valence electrons. The SMILES string of the molecule is Nc1nc2c(ncn2CC2OC(P(=O)(O)O)C(O)C2O)c(=O)[nH]1. The number of fused-ring (bicyclic) bond motifs is 1. The zero-order chi connectivity index (χ0) is 16.9. The number of aliphatic hydroxyl groups excluding tert-OH is 2. The van der Waals surface area contributed by atoms with Crippen molar-refractivity contribution in [3.63, 3.8) is 0 Å². The van der Waals surface area contributed by atoms with Crippen molar-refractivity contribution in [1.82, 2.24) is 19.5 Å². The highest BCUT2D eigenvalue weighted by molar-refractivity contribution is 7.52. The number of nitrogens with zero attached hydrogens (tertiary/aromatic N) is 3. The van der Waals surface area contributed by atoms with E-state index in [0.29, 0.717) is 0 Å². The second-order valence-electron chi connectivity index (χ2n) is 5.16. The van der Waals surface area contributed by atoms with Gasteiger partial charge in [-0.2, -0.15) is 4.98 Å². The van der Waals surface area contributed by atoms with E-state index >= 15 is 0 Å². The van der Waals surface area contributed by atoms with E-state index in [0.717, 1.165) is 0 Å². The van der Waals surface area contributed by atoms with Gasteiger partial charge in [0.15, 0.2) is 17.0 Å². The minimum atomic E-state index is -4.75. The molecule has 23 heavy (non-hydrogen) atoms. The van der Waals surface area contributed by atoms with Crippen molar-refractivity contribution in [3.05, 3.63) is 16.7 Å². The molecule has 7 N–H and O–H groups in total. The van der Waals surface area contributed by atoms with Crippen LogP contribution in [0.25, 0.3) is 11.2 Å². The highest BCUT2D eigenvalue weighted by Gasteiger charge is 2.50. The first-order valence-electron chi connectivity index (χ1n) is 6.46. The highest BCUT2D eigenvalue weighted by Crippen LogP contribution is 2.48. The molecule has 0 bridgehead atoms. The molecule has 13 heteroatoms. The van der Waals surface area contributed by atoms with Crippen molar-refractivity contribution in [2.75, 3.05) is 5.73 Å². The molecular formula is C10H14N5O7P. The zero-order valence-electron chi connectivity index (χ0n) is 11.5. The topological polar surface area (TPSA) is 197 Å². The van der Waals surface area contributed by atoms with Gasteiger partial charge in [0.05, 0.1) is 12.9 Å². The Balaban J connectivity index is 1.91. The first-order valence-corrected chi connectivity index (χ1v) is 8.14. The monoisotopic (exact) mass is 347 g/mol. The Morgan fingerprint density at radius 3 is 2.70 bits per heavy atom. The third kappa shape index (κ3) is 2.76. The number of nitrogen functional groups attached to an aromatic ring is 1. The summed E-state index contributed by atoms with van der Waals surface area (Å²) >= 11 is 0. The van der Waals surface area contributed by atoms with Gasteiger partial charge in [-0.15, -0.1) is 0 Å². The molecule has 0 aliphatic carbocycles. The van der Waals surface area contributed by atoms with Gasteiger partial charge >= 0.3 is 7.60 Å². The van der Waals surface area contributed by atoms with Crippen molar-refractivity contribution in [1.29, 1.82) is 0 Å². The smallest absolute Gasteiger partial charge is 0.356 e. The number of ether oxygens (including phenoxy) is 1. The van der Waals surface area contributed by atoms with Crippen LogP contribution in [0.2, 0.25) is 0 Å². The number of aliphatic hydroxyl groups is 2. The van der Waals surface area contributed by atoms with Gasteiger partial charge < -0.3 is 35.0 Å². The standard InChI is InChI=1S/C10H14N5O7P/c11-10-13-7-4(8(18)14-10)12-2-15(7)1-3-5(16)6(17)9(22-3)23(19,20)21/h2-3,5-6,9,16-17H,1H2,(H2,19,20,21)(H3,11,13,14,18). The van der Waals surface area contributed by atoms with E-state index in [1.165, 1.54) is 10.9 Å². The largest absolute Gasteiger partial charge is 0.388 e. The van der Waals surface area contributed by atoms with E-state index in [1.807, 2.05) is 0 Å². The number of aromatic amines is 1. The Morgan fingerprint density at radius 2 is 2.09 bits per heavy atom. The summed E-state index contributed by atoms with van der Waals surface area (Å²) < 4.78 is 17.7. The molecule has 4 atom stereocenters. The molecule has 0 amide bonds. The van der Waals surface area contributed by atoms with Crippen LogP contribution in [0, 0.1) is 0 Å². The Labute approximate surface area is 127 Å². The van der Waals surface area contributed by atoms with Crippen molar-refractivity contribution < 1.29 is 29.3 Å². The van der Waals surface area contributed by atoms with E-state index in [9.17, 15) is 19.6 Å². The predicted molar refractivity (Wildman–Crippen MR) is 75.3 cm³/mol. The zero-order valence-corrected chi connectivity index (χ0v) is 12.4. The molecule has 0 radical (unpaired) electrons. The van der Waals surface area contributed by atoms with Crippen LogP contribution in [0.1, 0.15) is 0 Å². The lowest BCUT2D eigenvalue weighted by molar-refractivity contribution is 0.0127. The lowest BCUT2D eigenvalue weighted by Crippen LogP contribution is -2.34. The Kier molecular flexibility index (Phi) is 3.75. The van der Waals surface area contributed by atoms with Crippen molar-refractivity contribution >= 4 is 24.7 Å². The number of imidazole rings is 1. The van der Waals surface area contributed by atoms with Gasteiger partial charge in [-0.05, 0) is 0 Å². The third-order valence-corrected chi connectivity index (χ3v) is 4.63. The summed E-state index contributed by atoms with van der Waals surface area (Å²) in [6, 6.07) is 0. The highest BCUT2D eigenvalue weighted by atomic mass is 31.2. The molecule has 3 heterocycles. The molecule has 0 saturated carbocycles. The van der Waals surface area contributed by atoms with Crippen LogP contribution in [0.3, 0.4) is 0 Å². The van der Waals surface area contributed by atoms with Gasteiger partial charge in [-0.1, -0.05) is 0 Å².